The molecule has 1 aromatic rings. The van der Waals surface area contributed by atoms with E-state index < -0.39 is 0 Å². The van der Waals surface area contributed by atoms with Crippen molar-refractivity contribution in [3.8, 4) is 0 Å². The fourth-order valence-corrected chi connectivity index (χ4v) is 1.94. The number of hydrogen-bond acceptors (Lipinski definition) is 3. The van der Waals surface area contributed by atoms with Gasteiger partial charge < -0.3 is 15.5 Å². The van der Waals surface area contributed by atoms with Crippen LogP contribution in [0.4, 0.5) is 5.69 Å². The molecular formula is C17H27N3O2. The summed E-state index contributed by atoms with van der Waals surface area (Å²) >= 11 is 0. The molecule has 5 heteroatoms. The molecule has 0 heterocycles. The van der Waals surface area contributed by atoms with Crippen molar-refractivity contribution in [2.45, 2.75) is 40.2 Å². The average molecular weight is 305 g/mol. The van der Waals surface area contributed by atoms with Crippen LogP contribution in [0.3, 0.4) is 0 Å². The highest BCUT2D eigenvalue weighted by Crippen LogP contribution is 2.11. The second-order valence-corrected chi connectivity index (χ2v) is 6.21. The Bertz CT molecular complexity index is 500. The lowest BCUT2D eigenvalue weighted by atomic mass is 10.1. The molecule has 0 spiro atoms. The second-order valence-electron chi connectivity index (χ2n) is 6.21. The van der Waals surface area contributed by atoms with Crippen LogP contribution in [0.25, 0.3) is 0 Å². The van der Waals surface area contributed by atoms with Crippen molar-refractivity contribution in [3.63, 3.8) is 0 Å². The largest absolute Gasteiger partial charge is 0.339 e. The lowest BCUT2D eigenvalue weighted by molar-refractivity contribution is -0.115. The van der Waals surface area contributed by atoms with E-state index in [4.69, 9.17) is 0 Å². The van der Waals surface area contributed by atoms with Crippen molar-refractivity contribution in [1.29, 1.82) is 0 Å². The van der Waals surface area contributed by atoms with E-state index in [9.17, 15) is 9.59 Å². The standard InChI is InChI=1S/C17H27N3O2/c1-6-20(7-2)16(22)13-8-10-14(11-9-13)19-15(21)12-18-17(3,4)5/h8-11,18H,6-7,12H2,1-5H3,(H,19,21). The maximum absolute atomic E-state index is 12.2. The summed E-state index contributed by atoms with van der Waals surface area (Å²) in [6, 6.07) is 7.00. The van der Waals surface area contributed by atoms with Gasteiger partial charge in [-0.05, 0) is 58.9 Å². The fourth-order valence-electron chi connectivity index (χ4n) is 1.94. The number of nitrogens with one attached hydrogen (secondary N) is 2. The molecule has 122 valence electrons. The molecule has 22 heavy (non-hydrogen) atoms. The molecule has 1 aromatic carbocycles. The molecule has 0 aliphatic carbocycles. The first-order chi connectivity index (χ1) is 10.3. The molecule has 0 unspecified atom stereocenters. The van der Waals surface area contributed by atoms with E-state index in [0.717, 1.165) is 0 Å². The van der Waals surface area contributed by atoms with E-state index in [1.807, 2.05) is 34.6 Å². The van der Waals surface area contributed by atoms with E-state index in [1.165, 1.54) is 0 Å². The van der Waals surface area contributed by atoms with Crippen LogP contribution in [0.1, 0.15) is 45.0 Å². The van der Waals surface area contributed by atoms with Gasteiger partial charge >= 0.3 is 0 Å². The van der Waals surface area contributed by atoms with Gasteiger partial charge in [0.05, 0.1) is 6.54 Å². The van der Waals surface area contributed by atoms with Crippen LogP contribution < -0.4 is 10.6 Å². The molecule has 0 atom stereocenters. The van der Waals surface area contributed by atoms with Gasteiger partial charge in [0.25, 0.3) is 5.91 Å². The highest BCUT2D eigenvalue weighted by molar-refractivity contribution is 5.96. The molecule has 0 saturated heterocycles. The molecule has 0 bridgehead atoms. The highest BCUT2D eigenvalue weighted by atomic mass is 16.2. The van der Waals surface area contributed by atoms with Crippen LogP contribution in [0.5, 0.6) is 0 Å². The Hall–Kier alpha value is -1.88. The van der Waals surface area contributed by atoms with Crippen molar-refractivity contribution >= 4 is 17.5 Å². The van der Waals surface area contributed by atoms with Crippen molar-refractivity contribution in [3.05, 3.63) is 29.8 Å². The minimum absolute atomic E-state index is 0.0114. The number of rotatable bonds is 6. The van der Waals surface area contributed by atoms with Gasteiger partial charge in [0.2, 0.25) is 5.91 Å². The lowest BCUT2D eigenvalue weighted by Gasteiger charge is -2.20. The van der Waals surface area contributed by atoms with Crippen molar-refractivity contribution < 1.29 is 9.59 Å². The summed E-state index contributed by atoms with van der Waals surface area (Å²) in [5, 5.41) is 5.94. The highest BCUT2D eigenvalue weighted by Gasteiger charge is 2.13. The zero-order chi connectivity index (χ0) is 16.8. The number of benzene rings is 1. The molecule has 0 aliphatic rings. The van der Waals surface area contributed by atoms with Gasteiger partial charge in [-0.1, -0.05) is 0 Å². The van der Waals surface area contributed by atoms with Crippen LogP contribution >= 0.6 is 0 Å². The third kappa shape index (κ3) is 5.85. The van der Waals surface area contributed by atoms with Gasteiger partial charge in [0.1, 0.15) is 0 Å². The fraction of sp³-hybridized carbons (Fsp3) is 0.529. The first-order valence-corrected chi connectivity index (χ1v) is 7.71. The quantitative estimate of drug-likeness (QED) is 0.849. The zero-order valence-electron chi connectivity index (χ0n) is 14.2. The SMILES string of the molecule is CCN(CC)C(=O)c1ccc(NC(=O)CNC(C)(C)C)cc1. The van der Waals surface area contributed by atoms with E-state index in [2.05, 4.69) is 10.6 Å². The predicted octanol–water partition coefficient (Wildman–Crippen LogP) is 2.50. The topological polar surface area (TPSA) is 61.4 Å². The van der Waals surface area contributed by atoms with E-state index in [0.29, 0.717) is 24.3 Å². The van der Waals surface area contributed by atoms with Gasteiger partial charge in [-0.2, -0.15) is 0 Å². The van der Waals surface area contributed by atoms with Gasteiger partial charge in [-0.25, -0.2) is 0 Å². The molecule has 2 amide bonds. The minimum atomic E-state index is -0.0998. The predicted molar refractivity (Wildman–Crippen MR) is 90.1 cm³/mol. The van der Waals surface area contributed by atoms with Crippen LogP contribution in [-0.2, 0) is 4.79 Å². The summed E-state index contributed by atoms with van der Waals surface area (Å²) in [4.78, 5) is 25.8. The van der Waals surface area contributed by atoms with Crippen LogP contribution in [-0.4, -0.2) is 41.9 Å². The number of hydrogen-bond donors (Lipinski definition) is 2. The number of carbonyl (C=O) groups excluding carboxylic acids is 2. The molecule has 0 radical (unpaired) electrons. The normalized spacial score (nSPS) is 11.1. The summed E-state index contributed by atoms with van der Waals surface area (Å²) < 4.78 is 0. The number of nitrogens with zero attached hydrogens (tertiary/aromatic N) is 1. The Labute approximate surface area is 133 Å². The molecule has 0 aromatic heterocycles. The van der Waals surface area contributed by atoms with Gasteiger partial charge in [-0.15, -0.1) is 0 Å². The van der Waals surface area contributed by atoms with Gasteiger partial charge in [0, 0.05) is 29.9 Å². The molecule has 5 nitrogen and oxygen atoms in total. The maximum Gasteiger partial charge on any atom is 0.253 e. The van der Waals surface area contributed by atoms with Crippen molar-refractivity contribution in [2.75, 3.05) is 25.0 Å². The minimum Gasteiger partial charge on any atom is -0.339 e. The van der Waals surface area contributed by atoms with E-state index in [1.54, 1.807) is 29.2 Å². The number of anilines is 1. The second kappa shape index (κ2) is 7.94. The molecule has 0 fully saturated rings. The third-order valence-corrected chi connectivity index (χ3v) is 3.25. The monoisotopic (exact) mass is 305 g/mol. The molecular weight excluding hydrogens is 278 g/mol. The first kappa shape index (κ1) is 18.2. The van der Waals surface area contributed by atoms with Crippen molar-refractivity contribution in [2.24, 2.45) is 0 Å². The Morgan fingerprint density at radius 1 is 1.05 bits per heavy atom. The Morgan fingerprint density at radius 3 is 2.05 bits per heavy atom. The summed E-state index contributed by atoms with van der Waals surface area (Å²) in [5.41, 5.74) is 1.23. The van der Waals surface area contributed by atoms with Gasteiger partial charge in [-0.3, -0.25) is 9.59 Å². The Kier molecular flexibility index (Phi) is 6.56. The van der Waals surface area contributed by atoms with Crippen LogP contribution in [0.2, 0.25) is 0 Å². The first-order valence-electron chi connectivity index (χ1n) is 7.71. The molecule has 2 N–H and O–H groups in total. The number of amides is 2. The van der Waals surface area contributed by atoms with E-state index in [-0.39, 0.29) is 23.9 Å². The molecule has 0 saturated carbocycles. The molecule has 1 rings (SSSR count). The Balaban J connectivity index is 2.62. The lowest BCUT2D eigenvalue weighted by Crippen LogP contribution is -2.41. The molecule has 0 aliphatic heterocycles. The van der Waals surface area contributed by atoms with E-state index >= 15 is 0 Å². The third-order valence-electron chi connectivity index (χ3n) is 3.25. The smallest absolute Gasteiger partial charge is 0.253 e. The van der Waals surface area contributed by atoms with Crippen molar-refractivity contribution in [1.82, 2.24) is 10.2 Å². The number of carbonyl (C=O) groups is 2. The summed E-state index contributed by atoms with van der Waals surface area (Å²) in [5.74, 6) is -0.0879. The average Bonchev–Trinajstić information content (AvgIpc) is 2.46. The zero-order valence-corrected chi connectivity index (χ0v) is 14.2. The summed E-state index contributed by atoms with van der Waals surface area (Å²) in [6.07, 6.45) is 0. The van der Waals surface area contributed by atoms with Gasteiger partial charge in [0.15, 0.2) is 0 Å². The van der Waals surface area contributed by atoms with Crippen LogP contribution in [0, 0.1) is 0 Å². The summed E-state index contributed by atoms with van der Waals surface area (Å²) in [7, 11) is 0. The Morgan fingerprint density at radius 2 is 1.59 bits per heavy atom. The maximum atomic E-state index is 12.2. The van der Waals surface area contributed by atoms with Crippen LogP contribution in [0.15, 0.2) is 24.3 Å². The summed E-state index contributed by atoms with van der Waals surface area (Å²) in [6.45, 7) is 11.6.